The monoisotopic (exact) mass is 417 g/mol. The molecule has 0 aliphatic carbocycles. The van der Waals surface area contributed by atoms with Crippen molar-refractivity contribution < 1.29 is 28.5 Å². The molecule has 0 aromatic heterocycles. The quantitative estimate of drug-likeness (QED) is 0.614. The van der Waals surface area contributed by atoms with Gasteiger partial charge < -0.3 is 24.6 Å². The summed E-state index contributed by atoms with van der Waals surface area (Å²) in [6.07, 6.45) is 0.997. The predicted molar refractivity (Wildman–Crippen MR) is 109 cm³/mol. The van der Waals surface area contributed by atoms with Gasteiger partial charge in [-0.1, -0.05) is 24.3 Å². The van der Waals surface area contributed by atoms with Crippen LogP contribution in [0.2, 0.25) is 0 Å². The van der Waals surface area contributed by atoms with E-state index < -0.39 is 17.2 Å². The summed E-state index contributed by atoms with van der Waals surface area (Å²) in [4.78, 5) is 13.2. The molecule has 1 fully saturated rings. The Morgan fingerprint density at radius 3 is 2.40 bits per heavy atom. The minimum absolute atomic E-state index is 0.150. The Bertz CT molecular complexity index is 868. The van der Waals surface area contributed by atoms with E-state index in [0.717, 1.165) is 5.56 Å². The fourth-order valence-corrected chi connectivity index (χ4v) is 4.45. The standard InChI is InChI=1S/C23H28FNO5/c1-28-19-7-5-4-6-18(19)23(29-2,30-3)20-15-22(12-13-26,21(27)25-20)14-16-8-10-17(24)11-9-16/h4-11,20,26H,12-15H2,1-3H3,(H,25,27). The first kappa shape index (κ1) is 22.2. The van der Waals surface area contributed by atoms with E-state index >= 15 is 0 Å². The molecule has 6 nitrogen and oxygen atoms in total. The molecule has 1 aliphatic rings. The van der Waals surface area contributed by atoms with Crippen molar-refractivity contribution in [3.8, 4) is 5.75 Å². The van der Waals surface area contributed by atoms with E-state index in [0.29, 0.717) is 24.2 Å². The third kappa shape index (κ3) is 3.93. The molecular weight excluding hydrogens is 389 g/mol. The number of benzene rings is 2. The molecule has 2 N–H and O–H groups in total. The molecule has 2 unspecified atom stereocenters. The van der Waals surface area contributed by atoms with Crippen molar-refractivity contribution in [3.63, 3.8) is 0 Å². The SMILES string of the molecule is COc1ccccc1C(OC)(OC)C1CC(CCO)(Cc2ccc(F)cc2)C(=O)N1. The predicted octanol–water partition coefficient (Wildman–Crippen LogP) is 2.78. The summed E-state index contributed by atoms with van der Waals surface area (Å²) in [5.74, 6) is -1.23. The smallest absolute Gasteiger partial charge is 0.227 e. The number of halogens is 1. The lowest BCUT2D eigenvalue weighted by Crippen LogP contribution is -2.49. The number of nitrogens with one attached hydrogen (secondary N) is 1. The van der Waals surface area contributed by atoms with Gasteiger partial charge in [0.05, 0.1) is 24.1 Å². The topological polar surface area (TPSA) is 77.0 Å². The summed E-state index contributed by atoms with van der Waals surface area (Å²) in [6, 6.07) is 12.9. The van der Waals surface area contributed by atoms with E-state index in [1.165, 1.54) is 26.4 Å². The summed E-state index contributed by atoms with van der Waals surface area (Å²) >= 11 is 0. The zero-order valence-corrected chi connectivity index (χ0v) is 17.5. The number of ether oxygens (including phenoxy) is 3. The summed E-state index contributed by atoms with van der Waals surface area (Å²) in [6.45, 7) is -0.150. The second kappa shape index (κ2) is 9.12. The zero-order chi connectivity index (χ0) is 21.8. The van der Waals surface area contributed by atoms with Crippen LogP contribution in [0.5, 0.6) is 5.75 Å². The van der Waals surface area contributed by atoms with Gasteiger partial charge in [0.2, 0.25) is 11.7 Å². The maximum Gasteiger partial charge on any atom is 0.227 e. The highest BCUT2D eigenvalue weighted by molar-refractivity contribution is 5.86. The van der Waals surface area contributed by atoms with Crippen LogP contribution in [-0.4, -0.2) is 45.0 Å². The highest BCUT2D eigenvalue weighted by atomic mass is 19.1. The largest absolute Gasteiger partial charge is 0.496 e. The number of aliphatic hydroxyl groups excluding tert-OH is 1. The van der Waals surface area contributed by atoms with Crippen LogP contribution in [0.4, 0.5) is 4.39 Å². The second-order valence-electron chi connectivity index (χ2n) is 7.56. The molecule has 0 saturated carbocycles. The van der Waals surface area contributed by atoms with Gasteiger partial charge in [-0.2, -0.15) is 0 Å². The van der Waals surface area contributed by atoms with Crippen LogP contribution in [-0.2, 0) is 26.5 Å². The van der Waals surface area contributed by atoms with Gasteiger partial charge >= 0.3 is 0 Å². The van der Waals surface area contributed by atoms with E-state index in [1.807, 2.05) is 18.2 Å². The molecule has 30 heavy (non-hydrogen) atoms. The van der Waals surface area contributed by atoms with Crippen LogP contribution in [0, 0.1) is 11.2 Å². The molecule has 1 amide bonds. The molecule has 162 valence electrons. The van der Waals surface area contributed by atoms with Crippen LogP contribution in [0.3, 0.4) is 0 Å². The van der Waals surface area contributed by atoms with Crippen LogP contribution in [0.25, 0.3) is 0 Å². The fourth-order valence-electron chi connectivity index (χ4n) is 4.45. The van der Waals surface area contributed by atoms with Crippen molar-refractivity contribution in [2.45, 2.75) is 31.1 Å². The maximum absolute atomic E-state index is 13.3. The number of amides is 1. The molecule has 2 aromatic rings. The lowest BCUT2D eigenvalue weighted by atomic mass is 9.75. The summed E-state index contributed by atoms with van der Waals surface area (Å²) < 4.78 is 30.5. The molecule has 0 bridgehead atoms. The first-order valence-corrected chi connectivity index (χ1v) is 9.84. The average molecular weight is 417 g/mol. The summed E-state index contributed by atoms with van der Waals surface area (Å²) in [5.41, 5.74) is 0.601. The van der Waals surface area contributed by atoms with Crippen molar-refractivity contribution in [3.05, 3.63) is 65.5 Å². The van der Waals surface area contributed by atoms with Gasteiger partial charge in [-0.15, -0.1) is 0 Å². The molecule has 3 rings (SSSR count). The first-order chi connectivity index (χ1) is 14.4. The van der Waals surface area contributed by atoms with Crippen LogP contribution in [0.1, 0.15) is 24.0 Å². The minimum Gasteiger partial charge on any atom is -0.496 e. The lowest BCUT2D eigenvalue weighted by Gasteiger charge is -2.37. The molecule has 1 heterocycles. The van der Waals surface area contributed by atoms with E-state index in [4.69, 9.17) is 14.2 Å². The fraction of sp³-hybridized carbons (Fsp3) is 0.435. The number of carbonyl (C=O) groups excluding carboxylic acids is 1. The summed E-state index contributed by atoms with van der Waals surface area (Å²) in [7, 11) is 4.61. The van der Waals surface area contributed by atoms with Gasteiger partial charge in [0, 0.05) is 20.8 Å². The van der Waals surface area contributed by atoms with Gasteiger partial charge in [0.15, 0.2) is 0 Å². The molecular formula is C23H28FNO5. The number of methoxy groups -OCH3 is 3. The third-order valence-electron chi connectivity index (χ3n) is 5.98. The van der Waals surface area contributed by atoms with Crippen LogP contribution < -0.4 is 10.1 Å². The third-order valence-corrected chi connectivity index (χ3v) is 5.98. The minimum atomic E-state index is -1.28. The molecule has 2 aromatic carbocycles. The number of hydrogen-bond donors (Lipinski definition) is 2. The van der Waals surface area contributed by atoms with Gasteiger partial charge in [0.1, 0.15) is 11.6 Å². The highest BCUT2D eigenvalue weighted by Crippen LogP contribution is 2.46. The Hall–Kier alpha value is -2.48. The molecule has 2 atom stereocenters. The number of carbonyl (C=O) groups is 1. The maximum atomic E-state index is 13.3. The van der Waals surface area contributed by atoms with Gasteiger partial charge in [-0.05, 0) is 49.1 Å². The Labute approximate surface area is 176 Å². The van der Waals surface area contributed by atoms with Crippen molar-refractivity contribution in [1.82, 2.24) is 5.32 Å². The molecule has 0 radical (unpaired) electrons. The van der Waals surface area contributed by atoms with Crippen molar-refractivity contribution in [2.24, 2.45) is 5.41 Å². The van der Waals surface area contributed by atoms with Crippen LogP contribution in [0.15, 0.2) is 48.5 Å². The number of para-hydroxylation sites is 1. The normalized spacial score (nSPS) is 21.5. The summed E-state index contributed by atoms with van der Waals surface area (Å²) in [5, 5.41) is 12.7. The van der Waals surface area contributed by atoms with E-state index in [2.05, 4.69) is 5.32 Å². The molecule has 1 aliphatic heterocycles. The van der Waals surface area contributed by atoms with Crippen molar-refractivity contribution in [2.75, 3.05) is 27.9 Å². The van der Waals surface area contributed by atoms with Gasteiger partial charge in [-0.3, -0.25) is 4.79 Å². The number of rotatable bonds is 9. The lowest BCUT2D eigenvalue weighted by molar-refractivity contribution is -0.234. The van der Waals surface area contributed by atoms with Crippen molar-refractivity contribution in [1.29, 1.82) is 0 Å². The van der Waals surface area contributed by atoms with Gasteiger partial charge in [0.25, 0.3) is 0 Å². The Morgan fingerprint density at radius 1 is 1.13 bits per heavy atom. The highest BCUT2D eigenvalue weighted by Gasteiger charge is 2.55. The zero-order valence-electron chi connectivity index (χ0n) is 17.5. The van der Waals surface area contributed by atoms with E-state index in [1.54, 1.807) is 25.3 Å². The van der Waals surface area contributed by atoms with E-state index in [9.17, 15) is 14.3 Å². The Kier molecular flexibility index (Phi) is 6.75. The number of hydrogen-bond acceptors (Lipinski definition) is 5. The van der Waals surface area contributed by atoms with Crippen molar-refractivity contribution >= 4 is 5.91 Å². The Balaban J connectivity index is 1.99. The average Bonchev–Trinajstić information content (AvgIpc) is 3.08. The van der Waals surface area contributed by atoms with E-state index in [-0.39, 0.29) is 24.8 Å². The molecule has 7 heteroatoms. The van der Waals surface area contributed by atoms with Crippen LogP contribution >= 0.6 is 0 Å². The molecule has 0 spiro atoms. The Morgan fingerprint density at radius 2 is 1.80 bits per heavy atom. The first-order valence-electron chi connectivity index (χ1n) is 9.84. The molecule has 1 saturated heterocycles. The number of aliphatic hydroxyl groups is 1. The second-order valence-corrected chi connectivity index (χ2v) is 7.56. The van der Waals surface area contributed by atoms with Gasteiger partial charge in [-0.25, -0.2) is 4.39 Å².